The molecule has 1 N–H and O–H groups in total. The molecule has 4 aromatic carbocycles. The fourth-order valence-corrected chi connectivity index (χ4v) is 6.80. The van der Waals surface area contributed by atoms with Gasteiger partial charge in [0.25, 0.3) is 10.0 Å². The van der Waals surface area contributed by atoms with Crippen molar-refractivity contribution in [2.75, 3.05) is 13.2 Å². The number of carbonyl (C=O) groups is 1. The van der Waals surface area contributed by atoms with E-state index in [2.05, 4.69) is 9.82 Å². The van der Waals surface area contributed by atoms with Crippen LogP contribution in [0.5, 0.6) is 0 Å². The number of furan rings is 1. The highest BCUT2D eigenvalue weighted by Gasteiger charge is 2.35. The van der Waals surface area contributed by atoms with E-state index in [9.17, 15) is 31.2 Å². The lowest BCUT2D eigenvalue weighted by molar-refractivity contribution is -0.137. The molecule has 10 nitrogen and oxygen atoms in total. The van der Waals surface area contributed by atoms with Crippen LogP contribution >= 0.6 is 0 Å². The molecule has 0 saturated heterocycles. The van der Waals surface area contributed by atoms with Crippen molar-refractivity contribution in [2.24, 2.45) is 0 Å². The number of sulfonamides is 1. The van der Waals surface area contributed by atoms with Crippen LogP contribution in [-0.4, -0.2) is 41.9 Å². The van der Waals surface area contributed by atoms with Crippen molar-refractivity contribution in [1.29, 1.82) is 0 Å². The zero-order valence-electron chi connectivity index (χ0n) is 29.4. The van der Waals surface area contributed by atoms with E-state index in [4.69, 9.17) is 9.15 Å². The monoisotopic (exact) mass is 748 g/mol. The summed E-state index contributed by atoms with van der Waals surface area (Å²) < 4.78 is 82.7. The molecule has 0 bridgehead atoms. The van der Waals surface area contributed by atoms with Crippen LogP contribution in [0.3, 0.4) is 0 Å². The van der Waals surface area contributed by atoms with E-state index >= 15 is 0 Å². The summed E-state index contributed by atoms with van der Waals surface area (Å²) in [5.41, 5.74) is -0.105. The Morgan fingerprint density at radius 1 is 0.887 bits per heavy atom. The lowest BCUT2D eigenvalue weighted by atomic mass is 10.0. The summed E-state index contributed by atoms with van der Waals surface area (Å²) in [6.45, 7) is 7.65. The number of unbranched alkanes of at least 4 members (excludes halogenated alkanes) is 1. The lowest BCUT2D eigenvalue weighted by Crippen LogP contribution is -2.30. The Morgan fingerprint density at radius 2 is 1.55 bits per heavy atom. The summed E-state index contributed by atoms with van der Waals surface area (Å²) in [4.78, 5) is 26.3. The van der Waals surface area contributed by atoms with Crippen LogP contribution in [0.1, 0.15) is 61.1 Å². The number of nitrogens with one attached hydrogen (secondary N) is 1. The van der Waals surface area contributed by atoms with Gasteiger partial charge in [0.1, 0.15) is 11.4 Å². The van der Waals surface area contributed by atoms with Gasteiger partial charge in [-0.15, -0.1) is 5.10 Å². The third kappa shape index (κ3) is 9.13. The number of amides is 1. The van der Waals surface area contributed by atoms with Gasteiger partial charge in [0, 0.05) is 30.6 Å². The van der Waals surface area contributed by atoms with Gasteiger partial charge in [-0.2, -0.15) is 17.9 Å². The molecule has 0 radical (unpaired) electrons. The van der Waals surface area contributed by atoms with Crippen molar-refractivity contribution in [3.8, 4) is 16.8 Å². The van der Waals surface area contributed by atoms with Crippen LogP contribution in [0, 0.1) is 0 Å². The molecule has 6 rings (SSSR count). The summed E-state index contributed by atoms with van der Waals surface area (Å²) in [5.74, 6) is -0.723. The molecule has 6 aromatic rings. The van der Waals surface area contributed by atoms with Crippen molar-refractivity contribution in [1.82, 2.24) is 19.1 Å². The molecule has 2 aromatic heterocycles. The predicted molar refractivity (Wildman–Crippen MR) is 195 cm³/mol. The van der Waals surface area contributed by atoms with Crippen molar-refractivity contribution < 1.29 is 35.5 Å². The van der Waals surface area contributed by atoms with Crippen molar-refractivity contribution in [3.05, 3.63) is 136 Å². The van der Waals surface area contributed by atoms with Crippen LogP contribution in [-0.2, 0) is 33.9 Å². The van der Waals surface area contributed by atoms with E-state index in [1.54, 1.807) is 60.7 Å². The maximum Gasteiger partial charge on any atom is 0.418 e. The van der Waals surface area contributed by atoms with Gasteiger partial charge in [-0.3, -0.25) is 9.36 Å². The molecule has 0 fully saturated rings. The van der Waals surface area contributed by atoms with Crippen LogP contribution in [0.2, 0.25) is 0 Å². The van der Waals surface area contributed by atoms with Crippen LogP contribution < -0.4 is 10.4 Å². The van der Waals surface area contributed by atoms with E-state index in [0.29, 0.717) is 46.3 Å². The van der Waals surface area contributed by atoms with Crippen molar-refractivity contribution >= 4 is 26.9 Å². The van der Waals surface area contributed by atoms with Crippen LogP contribution in [0.25, 0.3) is 27.8 Å². The molecule has 0 aliphatic carbocycles. The van der Waals surface area contributed by atoms with Crippen molar-refractivity contribution in [2.45, 2.75) is 57.7 Å². The number of fused-ring (bicyclic) bond motifs is 1. The molecule has 0 aliphatic heterocycles. The number of carbonyl (C=O) groups excluding carboxylic acids is 1. The largest absolute Gasteiger partial charge is 0.451 e. The number of hydrogen-bond donors (Lipinski definition) is 1. The molecule has 53 heavy (non-hydrogen) atoms. The standard InChI is InChI=1S/C35H29F3N4O5S.C4H10O/c1-2-3-16-32-39-42(28-13-7-6-12-27(28)35(36,37)38)34(44)41(32)22-23-17-19-24(20-18-23)26-11-5-9-15-31(26)48(45,46)40-33(43)30-21-25-10-4-8-14-29(25)47-30;1-3-5-4-2/h4-15,17-21H,2-3,16,22H2,1H3,(H,40,43);3-4H2,1-2H3. The minimum Gasteiger partial charge on any atom is -0.451 e. The number of halogens is 3. The van der Waals surface area contributed by atoms with Crippen LogP contribution in [0.15, 0.2) is 117 Å². The van der Waals surface area contributed by atoms with E-state index < -0.39 is 33.4 Å². The smallest absolute Gasteiger partial charge is 0.418 e. The molecular formula is C39H39F3N4O6S. The number of hydrogen-bond acceptors (Lipinski definition) is 7. The first-order chi connectivity index (χ1) is 25.4. The Bertz CT molecular complexity index is 2310. The molecular weight excluding hydrogens is 710 g/mol. The van der Waals surface area contributed by atoms with Crippen LogP contribution in [0.4, 0.5) is 13.2 Å². The van der Waals surface area contributed by atoms with Gasteiger partial charge in [0.15, 0.2) is 5.76 Å². The summed E-state index contributed by atoms with van der Waals surface area (Å²) >= 11 is 0. The number of nitrogens with zero attached hydrogens (tertiary/aromatic N) is 3. The van der Waals surface area contributed by atoms with Gasteiger partial charge in [0.05, 0.1) is 22.7 Å². The van der Waals surface area contributed by atoms with E-state index in [0.717, 1.165) is 30.4 Å². The molecule has 0 saturated carbocycles. The topological polar surface area (TPSA) is 125 Å². The Labute approximate surface area is 304 Å². The fraction of sp³-hybridized carbons (Fsp3) is 0.256. The minimum absolute atomic E-state index is 0.0276. The van der Waals surface area contributed by atoms with Gasteiger partial charge < -0.3 is 9.15 Å². The first kappa shape index (κ1) is 38.8. The average Bonchev–Trinajstić information content (AvgIpc) is 3.72. The van der Waals surface area contributed by atoms with E-state index in [-0.39, 0.29) is 22.9 Å². The second kappa shape index (κ2) is 16.9. The third-order valence-corrected chi connectivity index (χ3v) is 9.59. The maximum absolute atomic E-state index is 13.8. The predicted octanol–water partition coefficient (Wildman–Crippen LogP) is 8.02. The number of rotatable bonds is 12. The lowest BCUT2D eigenvalue weighted by Gasteiger charge is -2.12. The molecule has 0 aliphatic rings. The Hall–Kier alpha value is -5.47. The summed E-state index contributed by atoms with van der Waals surface area (Å²) in [7, 11) is -4.34. The molecule has 1 amide bonds. The molecule has 0 spiro atoms. The zero-order valence-corrected chi connectivity index (χ0v) is 30.2. The Balaban J connectivity index is 0.00000101. The summed E-state index contributed by atoms with van der Waals surface area (Å²) in [6.07, 6.45) is -2.83. The Morgan fingerprint density at radius 3 is 2.21 bits per heavy atom. The van der Waals surface area contributed by atoms with Gasteiger partial charge >= 0.3 is 17.8 Å². The Kier molecular flexibility index (Phi) is 12.4. The number of ether oxygens (including phenoxy) is 1. The first-order valence-corrected chi connectivity index (χ1v) is 18.5. The molecule has 0 unspecified atom stereocenters. The van der Waals surface area contributed by atoms with E-state index in [1.165, 1.54) is 41.0 Å². The second-order valence-electron chi connectivity index (χ2n) is 11.9. The quantitative estimate of drug-likeness (QED) is 0.134. The zero-order chi connectivity index (χ0) is 38.2. The number of aryl methyl sites for hydroxylation is 1. The van der Waals surface area contributed by atoms with Gasteiger partial charge in [0.2, 0.25) is 0 Å². The SMILES string of the molecule is CCCCc1nn(-c2ccccc2C(F)(F)F)c(=O)n1Cc1ccc(-c2ccccc2S(=O)(=O)NC(=O)c2cc3ccccc3o2)cc1.CCOCC. The second-order valence-corrected chi connectivity index (χ2v) is 13.5. The first-order valence-electron chi connectivity index (χ1n) is 17.0. The van der Waals surface area contributed by atoms with E-state index in [1.807, 2.05) is 20.8 Å². The minimum atomic E-state index is -4.68. The highest BCUT2D eigenvalue weighted by atomic mass is 32.2. The highest BCUT2D eigenvalue weighted by molar-refractivity contribution is 7.90. The van der Waals surface area contributed by atoms with Gasteiger partial charge in [-0.1, -0.05) is 86.1 Å². The van der Waals surface area contributed by atoms with Crippen molar-refractivity contribution in [3.63, 3.8) is 0 Å². The highest BCUT2D eigenvalue weighted by Crippen LogP contribution is 2.33. The number of aromatic nitrogens is 3. The van der Waals surface area contributed by atoms with Gasteiger partial charge in [-0.05, 0) is 61.7 Å². The molecule has 278 valence electrons. The summed E-state index contributed by atoms with van der Waals surface area (Å²) in [6, 6.07) is 26.1. The number of benzene rings is 4. The maximum atomic E-state index is 13.8. The molecule has 2 heterocycles. The van der Waals surface area contributed by atoms with Gasteiger partial charge in [-0.25, -0.2) is 17.9 Å². The number of para-hydroxylation sites is 2. The molecule has 0 atom stereocenters. The average molecular weight is 749 g/mol. The molecule has 14 heteroatoms. The number of alkyl halides is 3. The third-order valence-electron chi connectivity index (χ3n) is 8.20. The summed E-state index contributed by atoms with van der Waals surface area (Å²) in [5, 5.41) is 4.96. The normalized spacial score (nSPS) is 11.7. The fourth-order valence-electron chi connectivity index (χ4n) is 5.61.